The Balaban J connectivity index is 0. The lowest BCUT2D eigenvalue weighted by atomic mass is 9.97. The van der Waals surface area contributed by atoms with E-state index in [0.29, 0.717) is 13.0 Å². The molecule has 1 aliphatic rings. The minimum atomic E-state index is 0.0573. The Morgan fingerprint density at radius 3 is 2.38 bits per heavy atom. The monoisotopic (exact) mass is 544 g/mol. The van der Waals surface area contributed by atoms with Crippen LogP contribution in [0.5, 0.6) is 0 Å². The fraction of sp³-hybridized carbons (Fsp3) is 0.656. The predicted octanol–water partition coefficient (Wildman–Crippen LogP) is 7.94. The highest BCUT2D eigenvalue weighted by Crippen LogP contribution is 2.21. The maximum atomic E-state index is 11.9. The van der Waals surface area contributed by atoms with Crippen LogP contribution in [0, 0.1) is 6.92 Å². The van der Waals surface area contributed by atoms with Gasteiger partial charge < -0.3 is 10.6 Å². The summed E-state index contributed by atoms with van der Waals surface area (Å²) in [5, 5.41) is 13.9. The molecule has 0 spiro atoms. The van der Waals surface area contributed by atoms with E-state index < -0.39 is 0 Å². The van der Waals surface area contributed by atoms with Crippen molar-refractivity contribution in [2.24, 2.45) is 4.99 Å². The molecule has 1 aromatic heterocycles. The summed E-state index contributed by atoms with van der Waals surface area (Å²) in [5.41, 5.74) is 4.14. The Morgan fingerprint density at radius 1 is 1.15 bits per heavy atom. The molecule has 3 N–H and O–H groups in total. The molecule has 2 unspecified atom stereocenters. The third kappa shape index (κ3) is 17.5. The highest BCUT2D eigenvalue weighted by Gasteiger charge is 2.11. The van der Waals surface area contributed by atoms with Crippen molar-refractivity contribution in [2.45, 2.75) is 126 Å². The van der Waals surface area contributed by atoms with Gasteiger partial charge in [0.2, 0.25) is 5.91 Å². The zero-order chi connectivity index (χ0) is 30.1. The average molecular weight is 545 g/mol. The summed E-state index contributed by atoms with van der Waals surface area (Å²) in [4.78, 5) is 15.9. The fourth-order valence-electron chi connectivity index (χ4n) is 3.85. The second-order valence-corrected chi connectivity index (χ2v) is 9.10. The van der Waals surface area contributed by atoms with Crippen LogP contribution < -0.4 is 16.0 Å². The van der Waals surface area contributed by atoms with Crippen LogP contribution in [0.15, 0.2) is 46.8 Å². The van der Waals surface area contributed by atoms with Gasteiger partial charge in [-0.3, -0.25) is 10.1 Å². The Morgan fingerprint density at radius 2 is 1.82 bits per heavy atom. The first kappa shape index (κ1) is 38.5. The van der Waals surface area contributed by atoms with E-state index in [1.807, 2.05) is 65.4 Å². The highest BCUT2D eigenvalue weighted by molar-refractivity contribution is 5.76. The van der Waals surface area contributed by atoms with Gasteiger partial charge in [0, 0.05) is 24.6 Å². The molecule has 7 heteroatoms. The first-order chi connectivity index (χ1) is 18.8. The summed E-state index contributed by atoms with van der Waals surface area (Å²) in [6, 6.07) is 0.144. The molecule has 0 saturated heterocycles. The summed E-state index contributed by atoms with van der Waals surface area (Å²) in [5.74, 6) is 0.888. The Kier molecular flexibility index (Phi) is 25.3. The molecular formula is C32H60N6O. The summed E-state index contributed by atoms with van der Waals surface area (Å²) < 4.78 is 1.84. The number of carbonyl (C=O) groups is 1. The van der Waals surface area contributed by atoms with Crippen molar-refractivity contribution in [3.63, 3.8) is 0 Å². The second-order valence-electron chi connectivity index (χ2n) is 9.10. The molecule has 1 heterocycles. The van der Waals surface area contributed by atoms with Crippen LogP contribution in [-0.4, -0.2) is 41.5 Å². The van der Waals surface area contributed by atoms with Crippen molar-refractivity contribution in [1.29, 1.82) is 0 Å². The van der Waals surface area contributed by atoms with Crippen molar-refractivity contribution in [3.8, 4) is 0 Å². The van der Waals surface area contributed by atoms with Crippen molar-refractivity contribution in [3.05, 3.63) is 47.3 Å². The number of aliphatic imine (C=N–C) groups is 1. The molecule has 7 nitrogen and oxygen atoms in total. The smallest absolute Gasteiger partial charge is 0.222 e. The number of rotatable bonds is 14. The predicted molar refractivity (Wildman–Crippen MR) is 172 cm³/mol. The average Bonchev–Trinajstić information content (AvgIpc) is 3.33. The number of hydrogen-bond donors (Lipinski definition) is 3. The normalized spacial score (nSPS) is 13.7. The number of hydrogen-bond acceptors (Lipinski definition) is 5. The summed E-state index contributed by atoms with van der Waals surface area (Å²) >= 11 is 0. The van der Waals surface area contributed by atoms with Gasteiger partial charge in [-0.2, -0.15) is 5.10 Å². The molecule has 2 rings (SSSR count). The molecule has 0 bridgehead atoms. The van der Waals surface area contributed by atoms with E-state index in [1.165, 1.54) is 24.8 Å². The zero-order valence-corrected chi connectivity index (χ0v) is 26.9. The van der Waals surface area contributed by atoms with Gasteiger partial charge >= 0.3 is 0 Å². The number of carbonyl (C=O) groups excluding carboxylic acids is 1. The Bertz CT molecular complexity index is 853. The summed E-state index contributed by atoms with van der Waals surface area (Å²) in [7, 11) is 0. The number of aromatic nitrogens is 2. The molecule has 0 fully saturated rings. The van der Waals surface area contributed by atoms with Crippen molar-refractivity contribution in [2.75, 3.05) is 13.1 Å². The standard InChI is InChI=1S/C19H34N6O.C9H14.2C2H6/c1-6-7-10-21-16(3)13-18(26)23-12-9-8-11-22-17(4)25-19(20-5)15(2)14-24-25;1-3-9-7-5-4-6-8(9)2;2*1-2/h7,10,14,16-17,21-22H,5-6,8-9,11-13H2,1-4H3,(H,23,26);4,6H,3,5,7H2,1-2H3;2*1-2H3/b10-7-;;;. The van der Waals surface area contributed by atoms with Crippen LogP contribution in [-0.2, 0) is 4.79 Å². The highest BCUT2D eigenvalue weighted by atomic mass is 16.1. The van der Waals surface area contributed by atoms with Gasteiger partial charge in [-0.05, 0) is 85.7 Å². The molecule has 0 radical (unpaired) electrons. The van der Waals surface area contributed by atoms with E-state index in [-0.39, 0.29) is 18.1 Å². The van der Waals surface area contributed by atoms with E-state index in [4.69, 9.17) is 0 Å². The topological polar surface area (TPSA) is 83.3 Å². The molecular weight excluding hydrogens is 484 g/mol. The van der Waals surface area contributed by atoms with Gasteiger partial charge in [-0.1, -0.05) is 70.9 Å². The number of aryl methyl sites for hydroxylation is 1. The Labute approximate surface area is 240 Å². The maximum absolute atomic E-state index is 11.9. The molecule has 1 aliphatic carbocycles. The van der Waals surface area contributed by atoms with Gasteiger partial charge in [0.25, 0.3) is 0 Å². The van der Waals surface area contributed by atoms with Crippen molar-refractivity contribution >= 4 is 18.4 Å². The third-order valence-corrected chi connectivity index (χ3v) is 6.02. The van der Waals surface area contributed by atoms with Crippen LogP contribution in [0.2, 0.25) is 0 Å². The molecule has 39 heavy (non-hydrogen) atoms. The quantitative estimate of drug-likeness (QED) is 0.164. The zero-order valence-electron chi connectivity index (χ0n) is 26.9. The number of unbranched alkanes of at least 4 members (excludes halogenated alkanes) is 1. The number of nitrogens with zero attached hydrogens (tertiary/aromatic N) is 3. The molecule has 0 aromatic carbocycles. The first-order valence-corrected chi connectivity index (χ1v) is 15.1. The third-order valence-electron chi connectivity index (χ3n) is 6.02. The lowest BCUT2D eigenvalue weighted by molar-refractivity contribution is -0.121. The summed E-state index contributed by atoms with van der Waals surface area (Å²) in [6.07, 6.45) is 17.5. The Hall–Kier alpha value is -2.67. The van der Waals surface area contributed by atoms with E-state index in [9.17, 15) is 4.79 Å². The molecule has 0 aliphatic heterocycles. The van der Waals surface area contributed by atoms with E-state index in [1.54, 1.807) is 11.8 Å². The lowest BCUT2D eigenvalue weighted by Crippen LogP contribution is -2.32. The van der Waals surface area contributed by atoms with Crippen LogP contribution in [0.4, 0.5) is 5.82 Å². The maximum Gasteiger partial charge on any atom is 0.222 e. The molecule has 2 atom stereocenters. The fourth-order valence-corrected chi connectivity index (χ4v) is 3.85. The summed E-state index contributed by atoms with van der Waals surface area (Å²) in [6.45, 7) is 25.7. The SMILES string of the molecule is C=Nc1c(C)cnn1C(C)NCCCCNC(=O)CC(C)N/C=C\CC.CC.CC.CCC1=C(C)C=CCC1. The van der Waals surface area contributed by atoms with Crippen LogP contribution in [0.1, 0.15) is 119 Å². The second kappa shape index (κ2) is 25.6. The largest absolute Gasteiger partial charge is 0.388 e. The first-order valence-electron chi connectivity index (χ1n) is 15.1. The van der Waals surface area contributed by atoms with E-state index in [2.05, 4.69) is 65.7 Å². The van der Waals surface area contributed by atoms with E-state index >= 15 is 0 Å². The lowest BCUT2D eigenvalue weighted by Gasteiger charge is -2.16. The number of allylic oxidation sites excluding steroid dienone is 5. The molecule has 1 amide bonds. The van der Waals surface area contributed by atoms with Crippen LogP contribution in [0.3, 0.4) is 0 Å². The van der Waals surface area contributed by atoms with Crippen LogP contribution >= 0.6 is 0 Å². The van der Waals surface area contributed by atoms with Gasteiger partial charge in [0.05, 0.1) is 6.20 Å². The number of nitrogens with one attached hydrogen (secondary N) is 3. The van der Waals surface area contributed by atoms with Gasteiger partial charge in [0.15, 0.2) is 5.82 Å². The molecule has 1 aromatic rings. The van der Waals surface area contributed by atoms with Crippen molar-refractivity contribution in [1.82, 2.24) is 25.7 Å². The van der Waals surface area contributed by atoms with Gasteiger partial charge in [-0.15, -0.1) is 0 Å². The molecule has 224 valence electrons. The van der Waals surface area contributed by atoms with Gasteiger partial charge in [-0.25, -0.2) is 9.67 Å². The number of amides is 1. The minimum absolute atomic E-state index is 0.0573. The van der Waals surface area contributed by atoms with Crippen molar-refractivity contribution < 1.29 is 4.79 Å². The minimum Gasteiger partial charge on any atom is -0.388 e. The van der Waals surface area contributed by atoms with Gasteiger partial charge in [0.1, 0.15) is 6.17 Å². The van der Waals surface area contributed by atoms with Crippen LogP contribution in [0.25, 0.3) is 0 Å². The van der Waals surface area contributed by atoms with E-state index in [0.717, 1.165) is 37.2 Å². The molecule has 0 saturated carbocycles.